The lowest BCUT2D eigenvalue weighted by Crippen LogP contribution is -2.47. The van der Waals surface area contributed by atoms with Crippen LogP contribution in [-0.2, 0) is 4.79 Å². The molecule has 1 aromatic carbocycles. The first-order valence-corrected chi connectivity index (χ1v) is 8.45. The largest absolute Gasteiger partial charge is 0.490 e. The molecule has 1 saturated heterocycles. The molecule has 2 fully saturated rings. The van der Waals surface area contributed by atoms with Gasteiger partial charge in [0.1, 0.15) is 11.8 Å². The molecule has 3 rings (SSSR count). The topological polar surface area (TPSA) is 66.8 Å². The number of carboxylic acids is 1. The van der Waals surface area contributed by atoms with Gasteiger partial charge in [-0.05, 0) is 63.1 Å². The van der Waals surface area contributed by atoms with Gasteiger partial charge < -0.3 is 14.7 Å². The lowest BCUT2D eigenvalue weighted by molar-refractivity contribution is -0.143. The van der Waals surface area contributed by atoms with E-state index in [1.165, 1.54) is 17.7 Å². The molecule has 1 aliphatic carbocycles. The van der Waals surface area contributed by atoms with Crippen molar-refractivity contribution in [2.45, 2.75) is 57.1 Å². The highest BCUT2D eigenvalue weighted by atomic mass is 16.5. The van der Waals surface area contributed by atoms with Crippen molar-refractivity contribution in [3.8, 4) is 5.75 Å². The van der Waals surface area contributed by atoms with Crippen LogP contribution < -0.4 is 4.74 Å². The second-order valence-corrected chi connectivity index (χ2v) is 6.40. The monoisotopic (exact) mass is 317 g/mol. The zero-order chi connectivity index (χ0) is 16.2. The van der Waals surface area contributed by atoms with Crippen LogP contribution in [0.3, 0.4) is 0 Å². The molecular formula is C18H23NO4. The molecule has 5 heteroatoms. The summed E-state index contributed by atoms with van der Waals surface area (Å²) < 4.78 is 5.94. The number of likely N-dealkylation sites (tertiary alicyclic amines) is 1. The van der Waals surface area contributed by atoms with E-state index in [1.807, 2.05) is 6.07 Å². The molecule has 0 radical (unpaired) electrons. The number of carbonyl (C=O) groups excluding carboxylic acids is 1. The van der Waals surface area contributed by atoms with Crippen molar-refractivity contribution < 1.29 is 19.4 Å². The number of nitrogens with zero attached hydrogens (tertiary/aromatic N) is 1. The molecule has 0 aromatic heterocycles. The number of rotatable bonds is 4. The SMILES string of the molecule is O=C(O)[C@@H]1CCCCN1C(=O)c1cccc(OC2CCCC2)c1. The summed E-state index contributed by atoms with van der Waals surface area (Å²) in [5, 5.41) is 9.33. The van der Waals surface area contributed by atoms with Crippen LogP contribution in [0.4, 0.5) is 0 Å². The number of carbonyl (C=O) groups is 2. The number of carboxylic acid groups (broad SMARTS) is 1. The number of aliphatic carboxylic acids is 1. The second kappa shape index (κ2) is 7.02. The molecule has 0 unspecified atom stereocenters. The van der Waals surface area contributed by atoms with Crippen LogP contribution in [0.25, 0.3) is 0 Å². The maximum atomic E-state index is 12.7. The highest BCUT2D eigenvalue weighted by molar-refractivity contribution is 5.97. The zero-order valence-electron chi connectivity index (χ0n) is 13.2. The minimum Gasteiger partial charge on any atom is -0.490 e. The van der Waals surface area contributed by atoms with E-state index in [2.05, 4.69) is 0 Å². The average molecular weight is 317 g/mol. The summed E-state index contributed by atoms with van der Waals surface area (Å²) >= 11 is 0. The summed E-state index contributed by atoms with van der Waals surface area (Å²) in [4.78, 5) is 25.6. The van der Waals surface area contributed by atoms with Crippen LogP contribution in [0.15, 0.2) is 24.3 Å². The Balaban J connectivity index is 1.74. The highest BCUT2D eigenvalue weighted by Gasteiger charge is 2.32. The Bertz CT molecular complexity index is 580. The van der Waals surface area contributed by atoms with Gasteiger partial charge in [-0.15, -0.1) is 0 Å². The standard InChI is InChI=1S/C18H23NO4/c20-17(19-11-4-3-10-16(19)18(21)22)13-6-5-9-15(12-13)23-14-7-1-2-8-14/h5-6,9,12,14,16H,1-4,7-8,10-11H2,(H,21,22)/t16-/m0/s1. The summed E-state index contributed by atoms with van der Waals surface area (Å²) in [6.45, 7) is 0.503. The first-order chi connectivity index (χ1) is 11.1. The number of hydrogen-bond acceptors (Lipinski definition) is 3. The van der Waals surface area contributed by atoms with E-state index in [-0.39, 0.29) is 12.0 Å². The summed E-state index contributed by atoms with van der Waals surface area (Å²) in [5.41, 5.74) is 0.508. The van der Waals surface area contributed by atoms with E-state index in [1.54, 1.807) is 18.2 Å². The molecule has 1 atom stereocenters. The Morgan fingerprint density at radius 2 is 1.83 bits per heavy atom. The van der Waals surface area contributed by atoms with Gasteiger partial charge in [-0.25, -0.2) is 4.79 Å². The Kier molecular flexibility index (Phi) is 4.84. The summed E-state index contributed by atoms with van der Waals surface area (Å²) in [7, 11) is 0. The van der Waals surface area contributed by atoms with Gasteiger partial charge in [-0.2, -0.15) is 0 Å². The predicted molar refractivity (Wildman–Crippen MR) is 85.6 cm³/mol. The molecule has 0 spiro atoms. The summed E-state index contributed by atoms with van der Waals surface area (Å²) in [6.07, 6.45) is 6.98. The smallest absolute Gasteiger partial charge is 0.326 e. The molecule has 1 aliphatic heterocycles. The third-order valence-corrected chi connectivity index (χ3v) is 4.73. The maximum Gasteiger partial charge on any atom is 0.326 e. The fourth-order valence-electron chi connectivity index (χ4n) is 3.50. The normalized spacial score (nSPS) is 22.1. The van der Waals surface area contributed by atoms with Crippen molar-refractivity contribution >= 4 is 11.9 Å². The minimum absolute atomic E-state index is 0.214. The van der Waals surface area contributed by atoms with Gasteiger partial charge in [0.15, 0.2) is 0 Å². The van der Waals surface area contributed by atoms with Gasteiger partial charge >= 0.3 is 5.97 Å². The molecule has 1 amide bonds. The third kappa shape index (κ3) is 3.66. The summed E-state index contributed by atoms with van der Waals surface area (Å²) in [6, 6.07) is 6.43. The van der Waals surface area contributed by atoms with E-state index in [0.717, 1.165) is 25.7 Å². The van der Waals surface area contributed by atoms with Gasteiger partial charge in [0, 0.05) is 12.1 Å². The number of amides is 1. The van der Waals surface area contributed by atoms with Crippen LogP contribution in [0.1, 0.15) is 55.3 Å². The van der Waals surface area contributed by atoms with Crippen molar-refractivity contribution in [2.24, 2.45) is 0 Å². The highest BCUT2D eigenvalue weighted by Crippen LogP contribution is 2.26. The Labute approximate surface area is 136 Å². The van der Waals surface area contributed by atoms with Crippen LogP contribution in [-0.4, -0.2) is 40.6 Å². The van der Waals surface area contributed by atoms with Crippen molar-refractivity contribution in [2.75, 3.05) is 6.54 Å². The molecule has 2 aliphatic rings. The van der Waals surface area contributed by atoms with E-state index in [0.29, 0.717) is 24.3 Å². The average Bonchev–Trinajstić information content (AvgIpc) is 3.07. The summed E-state index contributed by atoms with van der Waals surface area (Å²) in [5.74, 6) is -0.433. The Hall–Kier alpha value is -2.04. The quantitative estimate of drug-likeness (QED) is 0.926. The molecule has 1 N–H and O–H groups in total. The number of ether oxygens (including phenoxy) is 1. The van der Waals surface area contributed by atoms with Crippen LogP contribution in [0, 0.1) is 0 Å². The lowest BCUT2D eigenvalue weighted by Gasteiger charge is -2.33. The molecule has 124 valence electrons. The third-order valence-electron chi connectivity index (χ3n) is 4.73. The van der Waals surface area contributed by atoms with Crippen LogP contribution >= 0.6 is 0 Å². The minimum atomic E-state index is -0.920. The molecule has 0 bridgehead atoms. The lowest BCUT2D eigenvalue weighted by atomic mass is 10.0. The number of piperidine rings is 1. The van der Waals surface area contributed by atoms with E-state index in [4.69, 9.17) is 4.74 Å². The van der Waals surface area contributed by atoms with Crippen molar-refractivity contribution in [3.05, 3.63) is 29.8 Å². The van der Waals surface area contributed by atoms with E-state index in [9.17, 15) is 14.7 Å². The first kappa shape index (κ1) is 15.8. The van der Waals surface area contributed by atoms with Gasteiger partial charge in [0.05, 0.1) is 6.10 Å². The molecule has 1 aromatic rings. The van der Waals surface area contributed by atoms with Gasteiger partial charge in [-0.3, -0.25) is 4.79 Å². The molecular weight excluding hydrogens is 294 g/mol. The van der Waals surface area contributed by atoms with Gasteiger partial charge in [0.25, 0.3) is 5.91 Å². The first-order valence-electron chi connectivity index (χ1n) is 8.45. The number of hydrogen-bond donors (Lipinski definition) is 1. The van der Waals surface area contributed by atoms with E-state index >= 15 is 0 Å². The zero-order valence-corrected chi connectivity index (χ0v) is 13.2. The fraction of sp³-hybridized carbons (Fsp3) is 0.556. The van der Waals surface area contributed by atoms with Crippen molar-refractivity contribution in [1.29, 1.82) is 0 Å². The van der Waals surface area contributed by atoms with Gasteiger partial charge in [0.2, 0.25) is 0 Å². The molecule has 1 saturated carbocycles. The molecule has 1 heterocycles. The maximum absolute atomic E-state index is 12.7. The second-order valence-electron chi connectivity index (χ2n) is 6.40. The van der Waals surface area contributed by atoms with Crippen LogP contribution in [0.2, 0.25) is 0 Å². The molecule has 5 nitrogen and oxygen atoms in total. The predicted octanol–water partition coefficient (Wildman–Crippen LogP) is 3.09. The number of benzene rings is 1. The molecule has 23 heavy (non-hydrogen) atoms. The van der Waals surface area contributed by atoms with Crippen molar-refractivity contribution in [3.63, 3.8) is 0 Å². The Morgan fingerprint density at radius 3 is 2.57 bits per heavy atom. The fourth-order valence-corrected chi connectivity index (χ4v) is 3.50. The Morgan fingerprint density at radius 1 is 1.09 bits per heavy atom. The van der Waals surface area contributed by atoms with Crippen molar-refractivity contribution in [1.82, 2.24) is 4.90 Å². The van der Waals surface area contributed by atoms with Crippen LogP contribution in [0.5, 0.6) is 5.75 Å². The van der Waals surface area contributed by atoms with E-state index < -0.39 is 12.0 Å². The van der Waals surface area contributed by atoms with Gasteiger partial charge in [-0.1, -0.05) is 6.07 Å².